The molecule has 3 rings (SSSR count). The van der Waals surface area contributed by atoms with Crippen LogP contribution in [0.2, 0.25) is 0 Å². The molecule has 4 atom stereocenters. The molecule has 4 N–H and O–H groups in total. The van der Waals surface area contributed by atoms with Crippen molar-refractivity contribution >= 4 is 23.7 Å². The Morgan fingerprint density at radius 2 is 1.97 bits per heavy atom. The van der Waals surface area contributed by atoms with Crippen molar-refractivity contribution in [1.82, 2.24) is 15.2 Å². The van der Waals surface area contributed by atoms with Crippen molar-refractivity contribution in [2.24, 2.45) is 11.1 Å². The Morgan fingerprint density at radius 3 is 2.41 bits per heavy atom. The third kappa shape index (κ3) is 6.60. The summed E-state index contributed by atoms with van der Waals surface area (Å²) < 4.78 is 0. The third-order valence-corrected chi connectivity index (χ3v) is 6.75. The lowest BCUT2D eigenvalue weighted by Gasteiger charge is -2.31. The number of aromatic nitrogens is 1. The zero-order valence-electron chi connectivity index (χ0n) is 19.8. The maximum absolute atomic E-state index is 12.0. The van der Waals surface area contributed by atoms with Crippen LogP contribution >= 0.6 is 11.3 Å². The number of β-amino-alcohol motifs (C(OH)–C–C–N with tert-alkyl or cyclic N) is 1. The number of nitrogens with zero attached hydrogens (tertiary/aromatic N) is 2. The van der Waals surface area contributed by atoms with Gasteiger partial charge in [0.1, 0.15) is 0 Å². The topological polar surface area (TPSA) is 109 Å². The Hall–Kier alpha value is -2.29. The van der Waals surface area contributed by atoms with Crippen LogP contribution in [0.3, 0.4) is 0 Å². The normalized spacial score (nSPS) is 20.2. The average Bonchev–Trinajstić information content (AvgIpc) is 3.31. The summed E-state index contributed by atoms with van der Waals surface area (Å²) in [5.41, 5.74) is 10.9. The Kier molecular flexibility index (Phi) is 8.95. The minimum Gasteiger partial charge on any atom is -0.391 e. The number of likely N-dealkylation sites (tertiary alicyclic amines) is 1. The summed E-state index contributed by atoms with van der Waals surface area (Å²) >= 11 is 1.64. The number of aliphatic hydroxyl groups excluding tert-OH is 1. The smallest absolute Gasteiger partial charge is 0.240 e. The van der Waals surface area contributed by atoms with Gasteiger partial charge in [0.25, 0.3) is 0 Å². The number of nitrogens with one attached hydrogen (secondary N) is 1. The van der Waals surface area contributed by atoms with Crippen LogP contribution in [0.15, 0.2) is 29.8 Å². The van der Waals surface area contributed by atoms with E-state index in [1.807, 2.05) is 59.2 Å². The highest BCUT2D eigenvalue weighted by atomic mass is 32.1. The van der Waals surface area contributed by atoms with Crippen LogP contribution in [0.1, 0.15) is 58.3 Å². The molecular formula is C24H36N4O3S. The number of amides is 2. The molecule has 176 valence electrons. The Bertz CT molecular complexity index is 891. The van der Waals surface area contributed by atoms with Crippen molar-refractivity contribution in [3.63, 3.8) is 0 Å². The van der Waals surface area contributed by atoms with E-state index in [4.69, 9.17) is 5.73 Å². The minimum absolute atomic E-state index is 0.0455. The van der Waals surface area contributed by atoms with E-state index in [1.165, 1.54) is 10.4 Å². The van der Waals surface area contributed by atoms with E-state index in [0.717, 1.165) is 17.7 Å². The molecule has 2 heterocycles. The Morgan fingerprint density at radius 1 is 1.34 bits per heavy atom. The number of nitrogens with two attached hydrogens (primary N) is 1. The van der Waals surface area contributed by atoms with Gasteiger partial charge in [0.05, 0.1) is 34.3 Å². The van der Waals surface area contributed by atoms with Gasteiger partial charge in [-0.25, -0.2) is 4.98 Å². The van der Waals surface area contributed by atoms with Gasteiger partial charge in [-0.1, -0.05) is 45.0 Å². The van der Waals surface area contributed by atoms with Gasteiger partial charge in [-0.3, -0.25) is 9.59 Å². The van der Waals surface area contributed by atoms with Crippen molar-refractivity contribution in [2.45, 2.75) is 72.2 Å². The standard InChI is InChI=1S/C13H14N2OS.C11H22N2O2/c1-9(14-7-16)11-3-5-12(6-4-11)13-10(2)15-8-17-13;1-7-5-8(14)6-13(7)10(15)9(12)11(2,3)4/h3-9H,1-2H3,(H,14,16);7-9,14H,5-6,12H2,1-4H3. The summed E-state index contributed by atoms with van der Waals surface area (Å²) in [5.74, 6) is -0.0495. The summed E-state index contributed by atoms with van der Waals surface area (Å²) in [6.07, 6.45) is 0.991. The molecule has 1 saturated heterocycles. The monoisotopic (exact) mass is 460 g/mol. The molecule has 1 aromatic carbocycles. The molecule has 2 amide bonds. The van der Waals surface area contributed by atoms with Crippen molar-refractivity contribution < 1.29 is 14.7 Å². The average molecular weight is 461 g/mol. The lowest BCUT2D eigenvalue weighted by atomic mass is 9.86. The molecule has 0 spiro atoms. The van der Waals surface area contributed by atoms with Gasteiger partial charge < -0.3 is 21.1 Å². The molecule has 1 aromatic heterocycles. The van der Waals surface area contributed by atoms with Crippen molar-refractivity contribution in [3.8, 4) is 10.4 Å². The number of thiazole rings is 1. The molecule has 4 unspecified atom stereocenters. The molecular weight excluding hydrogens is 424 g/mol. The van der Waals surface area contributed by atoms with Crippen LogP contribution in [-0.4, -0.2) is 52.0 Å². The third-order valence-electron chi connectivity index (χ3n) is 5.77. The zero-order valence-corrected chi connectivity index (χ0v) is 20.6. The molecule has 1 aliphatic rings. The molecule has 0 aliphatic carbocycles. The molecule has 0 saturated carbocycles. The largest absolute Gasteiger partial charge is 0.391 e. The van der Waals surface area contributed by atoms with Gasteiger partial charge in [0.15, 0.2) is 0 Å². The second kappa shape index (κ2) is 11.0. The zero-order chi connectivity index (χ0) is 24.1. The fraction of sp³-hybridized carbons (Fsp3) is 0.542. The molecule has 7 nitrogen and oxygen atoms in total. The second-order valence-corrected chi connectivity index (χ2v) is 10.3. The first-order valence-corrected chi connectivity index (χ1v) is 11.8. The van der Waals surface area contributed by atoms with E-state index in [0.29, 0.717) is 13.0 Å². The Labute approximate surface area is 195 Å². The van der Waals surface area contributed by atoms with E-state index in [9.17, 15) is 14.7 Å². The van der Waals surface area contributed by atoms with Gasteiger partial charge in [-0.15, -0.1) is 11.3 Å². The number of rotatable bonds is 5. The highest BCUT2D eigenvalue weighted by Gasteiger charge is 2.37. The summed E-state index contributed by atoms with van der Waals surface area (Å²) in [5, 5.41) is 12.2. The van der Waals surface area contributed by atoms with Crippen LogP contribution in [-0.2, 0) is 9.59 Å². The molecule has 8 heteroatoms. The first-order chi connectivity index (χ1) is 15.0. The van der Waals surface area contributed by atoms with Gasteiger partial charge in [0, 0.05) is 12.6 Å². The number of hydrogen-bond donors (Lipinski definition) is 3. The fourth-order valence-corrected chi connectivity index (χ4v) is 4.37. The fourth-order valence-electron chi connectivity index (χ4n) is 3.56. The molecule has 2 aromatic rings. The van der Waals surface area contributed by atoms with Crippen LogP contribution in [0.25, 0.3) is 10.4 Å². The lowest BCUT2D eigenvalue weighted by Crippen LogP contribution is -2.51. The Balaban J connectivity index is 0.000000229. The highest BCUT2D eigenvalue weighted by molar-refractivity contribution is 7.13. The van der Waals surface area contributed by atoms with Crippen molar-refractivity contribution in [3.05, 3.63) is 41.0 Å². The van der Waals surface area contributed by atoms with Gasteiger partial charge in [-0.05, 0) is 43.7 Å². The number of aliphatic hydroxyl groups is 1. The number of carbonyl (C=O) groups excluding carboxylic acids is 2. The van der Waals surface area contributed by atoms with Crippen LogP contribution < -0.4 is 11.1 Å². The van der Waals surface area contributed by atoms with E-state index in [1.54, 1.807) is 16.2 Å². The molecule has 32 heavy (non-hydrogen) atoms. The summed E-state index contributed by atoms with van der Waals surface area (Å²) in [7, 11) is 0. The van der Waals surface area contributed by atoms with E-state index >= 15 is 0 Å². The maximum Gasteiger partial charge on any atom is 0.240 e. The van der Waals surface area contributed by atoms with E-state index in [2.05, 4.69) is 22.4 Å². The van der Waals surface area contributed by atoms with E-state index in [-0.39, 0.29) is 23.4 Å². The first-order valence-electron chi connectivity index (χ1n) is 10.9. The second-order valence-electron chi connectivity index (χ2n) is 9.47. The molecule has 0 bridgehead atoms. The first kappa shape index (κ1) is 26.0. The molecule has 0 radical (unpaired) electrons. The quantitative estimate of drug-likeness (QED) is 0.594. The predicted molar refractivity (Wildman–Crippen MR) is 129 cm³/mol. The number of benzene rings is 1. The van der Waals surface area contributed by atoms with Gasteiger partial charge in [-0.2, -0.15) is 0 Å². The number of hydrogen-bond acceptors (Lipinski definition) is 6. The van der Waals surface area contributed by atoms with Crippen molar-refractivity contribution in [2.75, 3.05) is 6.54 Å². The van der Waals surface area contributed by atoms with Crippen LogP contribution in [0.4, 0.5) is 0 Å². The number of carbonyl (C=O) groups is 2. The summed E-state index contributed by atoms with van der Waals surface area (Å²) in [4.78, 5) is 29.5. The highest BCUT2D eigenvalue weighted by Crippen LogP contribution is 2.28. The number of aryl methyl sites for hydroxylation is 1. The summed E-state index contributed by atoms with van der Waals surface area (Å²) in [6, 6.07) is 7.86. The lowest BCUT2D eigenvalue weighted by molar-refractivity contribution is -0.135. The minimum atomic E-state index is -0.495. The maximum atomic E-state index is 12.0. The van der Waals surface area contributed by atoms with Gasteiger partial charge >= 0.3 is 0 Å². The molecule has 1 fully saturated rings. The van der Waals surface area contributed by atoms with Crippen LogP contribution in [0, 0.1) is 12.3 Å². The predicted octanol–water partition coefficient (Wildman–Crippen LogP) is 3.27. The van der Waals surface area contributed by atoms with Crippen LogP contribution in [0.5, 0.6) is 0 Å². The van der Waals surface area contributed by atoms with Gasteiger partial charge in [0.2, 0.25) is 12.3 Å². The van der Waals surface area contributed by atoms with Crippen molar-refractivity contribution in [1.29, 1.82) is 0 Å². The molecule has 1 aliphatic heterocycles. The summed E-state index contributed by atoms with van der Waals surface area (Å²) in [6.45, 7) is 12.2. The SMILES string of the molecule is CC1CC(O)CN1C(=O)C(N)C(C)(C)C.Cc1ncsc1-c1ccc(C(C)NC=O)cc1. The van der Waals surface area contributed by atoms with E-state index < -0.39 is 12.1 Å².